The minimum Gasteiger partial charge on any atom is -0.454 e. The van der Waals surface area contributed by atoms with E-state index in [9.17, 15) is 5.11 Å². The van der Waals surface area contributed by atoms with E-state index in [1.165, 1.54) is 5.56 Å². The number of hydrogen-bond donors (Lipinski definition) is 3. The van der Waals surface area contributed by atoms with Crippen molar-refractivity contribution in [2.24, 2.45) is 0 Å². The van der Waals surface area contributed by atoms with Crippen LogP contribution in [0.15, 0.2) is 42.6 Å². The molecule has 0 amide bonds. The third-order valence-corrected chi connectivity index (χ3v) is 5.71. The molecule has 1 atom stereocenters. The van der Waals surface area contributed by atoms with E-state index < -0.39 is 6.10 Å². The summed E-state index contributed by atoms with van der Waals surface area (Å²) in [5, 5.41) is 21.2. The number of rotatable bonds is 4. The van der Waals surface area contributed by atoms with E-state index in [1.807, 2.05) is 24.4 Å². The Labute approximate surface area is 163 Å². The molecule has 6 heteroatoms. The van der Waals surface area contributed by atoms with Crippen LogP contribution in [0.4, 0.5) is 5.69 Å². The maximum Gasteiger partial charge on any atom is 0.231 e. The van der Waals surface area contributed by atoms with Crippen LogP contribution in [0, 0.1) is 0 Å². The highest BCUT2D eigenvalue weighted by Gasteiger charge is 2.35. The summed E-state index contributed by atoms with van der Waals surface area (Å²) in [5.74, 6) is 1.52. The van der Waals surface area contributed by atoms with Gasteiger partial charge < -0.3 is 19.9 Å². The molecule has 28 heavy (non-hydrogen) atoms. The van der Waals surface area contributed by atoms with Gasteiger partial charge in [-0.3, -0.25) is 5.10 Å². The first-order valence-corrected chi connectivity index (χ1v) is 9.50. The van der Waals surface area contributed by atoms with Crippen molar-refractivity contribution in [2.45, 2.75) is 38.3 Å². The quantitative estimate of drug-likeness (QED) is 0.637. The predicted octanol–water partition coefficient (Wildman–Crippen LogP) is 4.13. The van der Waals surface area contributed by atoms with Gasteiger partial charge in [0.05, 0.1) is 18.0 Å². The normalized spacial score (nSPS) is 18.9. The monoisotopic (exact) mass is 377 g/mol. The minimum absolute atomic E-state index is 0.0182. The molecular weight excluding hydrogens is 354 g/mol. The SMILES string of the molecule is CC1(C)CC(O)c2cc(NCc3cn[nH]c3-c3ccc4c(c3)OCO4)ccc21. The van der Waals surface area contributed by atoms with Gasteiger partial charge in [-0.15, -0.1) is 0 Å². The first kappa shape index (κ1) is 17.1. The third-order valence-electron chi connectivity index (χ3n) is 5.71. The van der Waals surface area contributed by atoms with Crippen molar-refractivity contribution in [3.05, 3.63) is 59.3 Å². The zero-order valence-electron chi connectivity index (χ0n) is 16.0. The van der Waals surface area contributed by atoms with E-state index >= 15 is 0 Å². The van der Waals surface area contributed by atoms with Crippen molar-refractivity contribution in [1.29, 1.82) is 0 Å². The number of aromatic nitrogens is 2. The Morgan fingerprint density at radius 1 is 1.18 bits per heavy atom. The van der Waals surface area contributed by atoms with Crippen molar-refractivity contribution >= 4 is 5.69 Å². The van der Waals surface area contributed by atoms with Crippen molar-refractivity contribution in [3.8, 4) is 22.8 Å². The molecule has 1 aliphatic carbocycles. The zero-order chi connectivity index (χ0) is 19.3. The van der Waals surface area contributed by atoms with Crippen LogP contribution in [0.1, 0.15) is 43.1 Å². The molecule has 2 aromatic carbocycles. The maximum atomic E-state index is 10.4. The van der Waals surface area contributed by atoms with Gasteiger partial charge in [-0.25, -0.2) is 0 Å². The molecule has 1 unspecified atom stereocenters. The molecule has 2 heterocycles. The number of nitrogens with zero attached hydrogens (tertiary/aromatic N) is 1. The van der Waals surface area contributed by atoms with Crippen LogP contribution in [0.2, 0.25) is 0 Å². The van der Waals surface area contributed by atoms with Gasteiger partial charge in [-0.1, -0.05) is 19.9 Å². The molecule has 0 saturated heterocycles. The lowest BCUT2D eigenvalue weighted by molar-refractivity contribution is 0.161. The topological polar surface area (TPSA) is 79.4 Å². The summed E-state index contributed by atoms with van der Waals surface area (Å²) in [4.78, 5) is 0. The van der Waals surface area contributed by atoms with Gasteiger partial charge in [0.1, 0.15) is 0 Å². The number of nitrogens with one attached hydrogen (secondary N) is 2. The van der Waals surface area contributed by atoms with Gasteiger partial charge in [0.2, 0.25) is 6.79 Å². The van der Waals surface area contributed by atoms with E-state index in [4.69, 9.17) is 9.47 Å². The summed E-state index contributed by atoms with van der Waals surface area (Å²) >= 11 is 0. The van der Waals surface area contributed by atoms with Crippen LogP contribution in [-0.2, 0) is 12.0 Å². The second kappa shape index (κ2) is 6.27. The molecule has 144 valence electrons. The smallest absolute Gasteiger partial charge is 0.231 e. The third kappa shape index (κ3) is 2.81. The fourth-order valence-corrected chi connectivity index (χ4v) is 4.21. The number of H-pyrrole nitrogens is 1. The Bertz CT molecular complexity index is 1040. The maximum absolute atomic E-state index is 10.4. The summed E-state index contributed by atoms with van der Waals surface area (Å²) < 4.78 is 10.9. The molecule has 0 spiro atoms. The molecule has 5 rings (SSSR count). The van der Waals surface area contributed by atoms with Gasteiger partial charge in [0.15, 0.2) is 11.5 Å². The largest absolute Gasteiger partial charge is 0.454 e. The van der Waals surface area contributed by atoms with Crippen LogP contribution in [0.5, 0.6) is 11.5 Å². The molecule has 1 aliphatic heterocycles. The lowest BCUT2D eigenvalue weighted by Gasteiger charge is -2.18. The number of ether oxygens (including phenoxy) is 2. The summed E-state index contributed by atoms with van der Waals surface area (Å²) in [6.07, 6.45) is 2.20. The minimum atomic E-state index is -0.398. The molecule has 0 radical (unpaired) electrons. The van der Waals surface area contributed by atoms with Gasteiger partial charge in [-0.2, -0.15) is 5.10 Å². The zero-order valence-corrected chi connectivity index (χ0v) is 16.0. The number of aliphatic hydroxyl groups excluding tert-OH is 1. The van der Waals surface area contributed by atoms with Gasteiger partial charge in [0.25, 0.3) is 0 Å². The molecular formula is C22H23N3O3. The van der Waals surface area contributed by atoms with Crippen LogP contribution in [0.25, 0.3) is 11.3 Å². The molecule has 2 aliphatic rings. The van der Waals surface area contributed by atoms with E-state index in [0.717, 1.165) is 46.0 Å². The van der Waals surface area contributed by atoms with Crippen LogP contribution in [-0.4, -0.2) is 22.1 Å². The van der Waals surface area contributed by atoms with E-state index in [-0.39, 0.29) is 12.2 Å². The summed E-state index contributed by atoms with van der Waals surface area (Å²) in [6, 6.07) is 12.2. The average Bonchev–Trinajstić information content (AvgIpc) is 3.38. The number of aromatic amines is 1. The van der Waals surface area contributed by atoms with Crippen molar-refractivity contribution < 1.29 is 14.6 Å². The molecule has 6 nitrogen and oxygen atoms in total. The standard InChI is InChI=1S/C22H23N3O3/c1-22(2)9-18(26)16-8-15(4-5-17(16)22)23-10-14-11-24-25-21(14)13-3-6-19-20(7-13)28-12-27-19/h3-8,11,18,23,26H,9-10,12H2,1-2H3,(H,24,25). The molecule has 0 bridgehead atoms. The van der Waals surface area contributed by atoms with Gasteiger partial charge in [-0.05, 0) is 53.3 Å². The summed E-state index contributed by atoms with van der Waals surface area (Å²) in [7, 11) is 0. The first-order chi connectivity index (χ1) is 13.5. The number of fused-ring (bicyclic) bond motifs is 2. The lowest BCUT2D eigenvalue weighted by Crippen LogP contribution is -2.12. The van der Waals surface area contributed by atoms with Crippen LogP contribution >= 0.6 is 0 Å². The summed E-state index contributed by atoms with van der Waals surface area (Å²) in [6.45, 7) is 5.24. The Hall–Kier alpha value is -2.99. The highest BCUT2D eigenvalue weighted by atomic mass is 16.7. The van der Waals surface area contributed by atoms with Crippen LogP contribution in [0.3, 0.4) is 0 Å². The van der Waals surface area contributed by atoms with E-state index in [0.29, 0.717) is 6.54 Å². The molecule has 3 N–H and O–H groups in total. The first-order valence-electron chi connectivity index (χ1n) is 9.50. The van der Waals surface area contributed by atoms with Crippen molar-refractivity contribution in [2.75, 3.05) is 12.1 Å². The molecule has 0 fully saturated rings. The molecule has 3 aromatic rings. The number of aliphatic hydroxyl groups is 1. The van der Waals surface area contributed by atoms with Crippen LogP contribution < -0.4 is 14.8 Å². The van der Waals surface area contributed by atoms with Crippen molar-refractivity contribution in [1.82, 2.24) is 10.2 Å². The van der Waals surface area contributed by atoms with Crippen molar-refractivity contribution in [3.63, 3.8) is 0 Å². The summed E-state index contributed by atoms with van der Waals surface area (Å²) in [5.41, 5.74) is 6.28. The highest BCUT2D eigenvalue weighted by Crippen LogP contribution is 2.45. The molecule has 0 saturated carbocycles. The second-order valence-electron chi connectivity index (χ2n) is 8.10. The van der Waals surface area contributed by atoms with E-state index in [1.54, 1.807) is 0 Å². The second-order valence-corrected chi connectivity index (χ2v) is 8.10. The Morgan fingerprint density at radius 3 is 2.93 bits per heavy atom. The average molecular weight is 377 g/mol. The fraction of sp³-hybridized carbons (Fsp3) is 0.318. The lowest BCUT2D eigenvalue weighted by atomic mass is 9.86. The Morgan fingerprint density at radius 2 is 2.04 bits per heavy atom. The number of hydrogen-bond acceptors (Lipinski definition) is 5. The van der Waals surface area contributed by atoms with E-state index in [2.05, 4.69) is 47.6 Å². The van der Waals surface area contributed by atoms with Gasteiger partial charge >= 0.3 is 0 Å². The highest BCUT2D eigenvalue weighted by molar-refractivity contribution is 5.67. The van der Waals surface area contributed by atoms with Gasteiger partial charge in [0, 0.05) is 23.4 Å². The predicted molar refractivity (Wildman–Crippen MR) is 107 cm³/mol. The number of benzene rings is 2. The molecule has 1 aromatic heterocycles. The Kier molecular flexibility index (Phi) is 3.84. The Balaban J connectivity index is 1.36. The fourth-order valence-electron chi connectivity index (χ4n) is 4.21. The number of anilines is 1.